The Morgan fingerprint density at radius 3 is 2.48 bits per heavy atom. The molecular formula is C15H21N3O3S2. The monoisotopic (exact) mass is 355 g/mol. The molecule has 1 aromatic heterocycles. The van der Waals surface area contributed by atoms with Crippen LogP contribution < -0.4 is 9.46 Å². The van der Waals surface area contributed by atoms with Crippen LogP contribution >= 0.6 is 11.3 Å². The molecule has 8 heteroatoms. The molecule has 3 N–H and O–H groups in total. The van der Waals surface area contributed by atoms with Crippen molar-refractivity contribution in [3.63, 3.8) is 0 Å². The second-order valence-electron chi connectivity index (χ2n) is 5.71. The second-order valence-corrected chi connectivity index (χ2v) is 8.79. The SMILES string of the molecule is COc1ccc([C@@H](C)NS(=N)(=O)c2cnc(C(C)(C)O)s2)cc1. The van der Waals surface area contributed by atoms with Crippen LogP contribution in [-0.4, -0.2) is 21.4 Å². The van der Waals surface area contributed by atoms with Gasteiger partial charge in [-0.3, -0.25) is 0 Å². The Bertz CT molecular complexity index is 762. The fourth-order valence-corrected chi connectivity index (χ4v) is 4.40. The largest absolute Gasteiger partial charge is 0.497 e. The molecule has 0 saturated carbocycles. The molecule has 0 bridgehead atoms. The van der Waals surface area contributed by atoms with E-state index in [0.29, 0.717) is 9.22 Å². The van der Waals surface area contributed by atoms with Crippen molar-refractivity contribution in [2.45, 2.75) is 36.6 Å². The van der Waals surface area contributed by atoms with Crippen molar-refractivity contribution in [3.8, 4) is 5.75 Å². The summed E-state index contributed by atoms with van der Waals surface area (Å²) in [5.41, 5.74) is -0.210. The van der Waals surface area contributed by atoms with Gasteiger partial charge in [0.25, 0.3) is 0 Å². The zero-order valence-corrected chi connectivity index (χ0v) is 15.1. The van der Waals surface area contributed by atoms with E-state index in [1.54, 1.807) is 21.0 Å². The summed E-state index contributed by atoms with van der Waals surface area (Å²) < 4.78 is 29.0. The van der Waals surface area contributed by atoms with Crippen molar-refractivity contribution in [2.24, 2.45) is 0 Å². The van der Waals surface area contributed by atoms with E-state index >= 15 is 0 Å². The van der Waals surface area contributed by atoms with Gasteiger partial charge in [-0.1, -0.05) is 12.1 Å². The molecule has 126 valence electrons. The van der Waals surface area contributed by atoms with Crippen molar-refractivity contribution in [3.05, 3.63) is 41.0 Å². The Balaban J connectivity index is 2.18. The molecule has 2 atom stereocenters. The van der Waals surface area contributed by atoms with Gasteiger partial charge in [-0.05, 0) is 38.5 Å². The van der Waals surface area contributed by atoms with Gasteiger partial charge in [-0.15, -0.1) is 11.3 Å². The van der Waals surface area contributed by atoms with Gasteiger partial charge in [0.05, 0.1) is 13.3 Å². The Hall–Kier alpha value is -1.48. The molecule has 0 fully saturated rings. The number of ether oxygens (including phenoxy) is 1. The van der Waals surface area contributed by atoms with Crippen LogP contribution in [0.5, 0.6) is 5.75 Å². The quantitative estimate of drug-likeness (QED) is 0.742. The van der Waals surface area contributed by atoms with Crippen molar-refractivity contribution in [2.75, 3.05) is 7.11 Å². The average Bonchev–Trinajstić information content (AvgIpc) is 2.97. The number of hydrogen-bond acceptors (Lipinski definition) is 6. The first-order chi connectivity index (χ1) is 10.6. The maximum Gasteiger partial charge on any atom is 0.146 e. The standard InChI is InChI=1S/C15H21N3O3S2/c1-10(11-5-7-12(21-4)8-6-11)18-23(16,20)13-9-17-14(22-13)15(2,3)19/h5-10,19H,1-4H3,(H2,16,18,20)/t10-,23?/m1/s1. The molecule has 0 aliphatic heterocycles. The molecule has 1 heterocycles. The number of aromatic nitrogens is 1. The van der Waals surface area contributed by atoms with Crippen molar-refractivity contribution < 1.29 is 14.1 Å². The summed E-state index contributed by atoms with van der Waals surface area (Å²) in [6.07, 6.45) is 1.39. The van der Waals surface area contributed by atoms with Crippen LogP contribution in [0.3, 0.4) is 0 Å². The highest BCUT2D eigenvalue weighted by Crippen LogP contribution is 2.29. The summed E-state index contributed by atoms with van der Waals surface area (Å²) in [4.78, 5) is 4.07. The highest BCUT2D eigenvalue weighted by Gasteiger charge is 2.24. The molecule has 0 radical (unpaired) electrons. The third-order valence-corrected chi connectivity index (χ3v) is 6.67. The zero-order valence-electron chi connectivity index (χ0n) is 13.5. The molecule has 2 aromatic rings. The van der Waals surface area contributed by atoms with Crippen LogP contribution in [-0.2, 0) is 15.5 Å². The predicted octanol–water partition coefficient (Wildman–Crippen LogP) is 3.05. The van der Waals surface area contributed by atoms with Crippen molar-refractivity contribution >= 4 is 21.3 Å². The lowest BCUT2D eigenvalue weighted by Crippen LogP contribution is -2.25. The maximum absolute atomic E-state index is 12.7. The zero-order chi connectivity index (χ0) is 17.3. The van der Waals surface area contributed by atoms with Crippen LogP contribution in [0.15, 0.2) is 34.7 Å². The van der Waals surface area contributed by atoms with E-state index in [4.69, 9.17) is 9.52 Å². The number of aliphatic hydroxyl groups is 1. The second kappa shape index (κ2) is 6.56. The molecular weight excluding hydrogens is 334 g/mol. The lowest BCUT2D eigenvalue weighted by atomic mass is 10.1. The Labute approximate surface area is 140 Å². The molecule has 1 unspecified atom stereocenters. The number of benzene rings is 1. The molecule has 0 spiro atoms. The number of nitrogens with one attached hydrogen (secondary N) is 2. The highest BCUT2D eigenvalue weighted by atomic mass is 32.2. The highest BCUT2D eigenvalue weighted by molar-refractivity contribution is 7.92. The fourth-order valence-electron chi connectivity index (χ4n) is 1.94. The van der Waals surface area contributed by atoms with Crippen molar-refractivity contribution in [1.29, 1.82) is 4.78 Å². The number of thiazole rings is 1. The summed E-state index contributed by atoms with van der Waals surface area (Å²) in [7, 11) is -1.60. The van der Waals surface area contributed by atoms with Gasteiger partial charge >= 0.3 is 0 Å². The molecule has 1 aromatic carbocycles. The molecule has 6 nitrogen and oxygen atoms in total. The van der Waals surface area contributed by atoms with Gasteiger partial charge in [0.2, 0.25) is 0 Å². The minimum Gasteiger partial charge on any atom is -0.497 e. The lowest BCUT2D eigenvalue weighted by molar-refractivity contribution is 0.0783. The van der Waals surface area contributed by atoms with Gasteiger partial charge < -0.3 is 9.84 Å². The molecule has 0 aliphatic rings. The van der Waals surface area contributed by atoms with E-state index in [2.05, 4.69) is 9.71 Å². The molecule has 0 aliphatic carbocycles. The van der Waals surface area contributed by atoms with E-state index in [0.717, 1.165) is 22.6 Å². The Morgan fingerprint density at radius 2 is 2.00 bits per heavy atom. The first kappa shape index (κ1) is 17.9. The van der Waals surface area contributed by atoms with E-state index in [-0.39, 0.29) is 6.04 Å². The smallest absolute Gasteiger partial charge is 0.146 e. The first-order valence-electron chi connectivity index (χ1n) is 7.02. The summed E-state index contributed by atoms with van der Waals surface area (Å²) >= 11 is 1.08. The Kier molecular flexibility index (Phi) is 5.10. The van der Waals surface area contributed by atoms with Gasteiger partial charge in [0.1, 0.15) is 30.5 Å². The predicted molar refractivity (Wildman–Crippen MR) is 91.0 cm³/mol. The molecule has 23 heavy (non-hydrogen) atoms. The summed E-state index contributed by atoms with van der Waals surface area (Å²) in [5.74, 6) is 0.741. The van der Waals surface area contributed by atoms with Crippen LogP contribution in [0.4, 0.5) is 0 Å². The normalized spacial score (nSPS) is 15.9. The van der Waals surface area contributed by atoms with Gasteiger partial charge in [-0.25, -0.2) is 18.7 Å². The van der Waals surface area contributed by atoms with Crippen LogP contribution in [0.1, 0.15) is 37.4 Å². The number of nitrogens with zero attached hydrogens (tertiary/aromatic N) is 1. The average molecular weight is 355 g/mol. The van der Waals surface area contributed by atoms with Crippen LogP contribution in [0, 0.1) is 4.78 Å². The summed E-state index contributed by atoms with van der Waals surface area (Å²) in [6.45, 7) is 5.05. The molecule has 2 rings (SSSR count). The maximum atomic E-state index is 12.7. The molecule has 0 saturated heterocycles. The van der Waals surface area contributed by atoms with Crippen LogP contribution in [0.25, 0.3) is 0 Å². The fraction of sp³-hybridized carbons (Fsp3) is 0.400. The van der Waals surface area contributed by atoms with E-state index < -0.39 is 15.5 Å². The minimum absolute atomic E-state index is 0.279. The number of rotatable bonds is 6. The third kappa shape index (κ3) is 4.29. The van der Waals surface area contributed by atoms with Gasteiger partial charge in [0.15, 0.2) is 0 Å². The van der Waals surface area contributed by atoms with Crippen molar-refractivity contribution in [1.82, 2.24) is 9.71 Å². The topological polar surface area (TPSA) is 95.3 Å². The van der Waals surface area contributed by atoms with Gasteiger partial charge in [-0.2, -0.15) is 0 Å². The van der Waals surface area contributed by atoms with E-state index in [9.17, 15) is 9.32 Å². The number of hydrogen-bond donors (Lipinski definition) is 3. The summed E-state index contributed by atoms with van der Waals surface area (Å²) in [6, 6.07) is 7.08. The lowest BCUT2D eigenvalue weighted by Gasteiger charge is -2.16. The Morgan fingerprint density at radius 1 is 1.39 bits per heavy atom. The number of methoxy groups -OCH3 is 1. The molecule has 0 amide bonds. The summed E-state index contributed by atoms with van der Waals surface area (Å²) in [5, 5.41) is 10.4. The van der Waals surface area contributed by atoms with Crippen LogP contribution in [0.2, 0.25) is 0 Å². The van der Waals surface area contributed by atoms with Gasteiger partial charge in [0, 0.05) is 6.04 Å². The first-order valence-corrected chi connectivity index (χ1v) is 9.39. The minimum atomic E-state index is -3.20. The third-order valence-electron chi connectivity index (χ3n) is 3.25. The van der Waals surface area contributed by atoms with E-state index in [1.807, 2.05) is 31.2 Å². The van der Waals surface area contributed by atoms with E-state index in [1.165, 1.54) is 6.20 Å².